The van der Waals surface area contributed by atoms with Crippen LogP contribution in [0.15, 0.2) is 29.1 Å². The monoisotopic (exact) mass is 357 g/mol. The smallest absolute Gasteiger partial charge is 0.220 e. The van der Waals surface area contributed by atoms with Gasteiger partial charge in [0.2, 0.25) is 11.2 Å². The van der Waals surface area contributed by atoms with E-state index in [4.69, 9.17) is 14.2 Å². The Balaban J connectivity index is 2.44. The lowest BCUT2D eigenvalue weighted by Gasteiger charge is -2.18. The third-order valence-corrected chi connectivity index (χ3v) is 4.86. The molecule has 0 saturated heterocycles. The van der Waals surface area contributed by atoms with Crippen molar-refractivity contribution in [1.82, 2.24) is 5.32 Å². The van der Waals surface area contributed by atoms with Crippen molar-refractivity contribution in [2.24, 2.45) is 0 Å². The number of fused-ring (bicyclic) bond motifs is 3. The lowest BCUT2D eigenvalue weighted by Crippen LogP contribution is -2.17. The van der Waals surface area contributed by atoms with E-state index in [1.165, 1.54) is 14.2 Å². The number of hydrogen-bond donors (Lipinski definition) is 2. The fourth-order valence-corrected chi connectivity index (χ4v) is 3.63. The second kappa shape index (κ2) is 7.25. The summed E-state index contributed by atoms with van der Waals surface area (Å²) in [6.07, 6.45) is 1.50. The average molecular weight is 357 g/mol. The van der Waals surface area contributed by atoms with Crippen LogP contribution in [0.4, 0.5) is 0 Å². The molecule has 1 aliphatic carbocycles. The van der Waals surface area contributed by atoms with E-state index in [1.54, 1.807) is 25.3 Å². The van der Waals surface area contributed by atoms with Gasteiger partial charge >= 0.3 is 0 Å². The molecule has 0 bridgehead atoms. The minimum Gasteiger partial charge on any atom is -0.504 e. The van der Waals surface area contributed by atoms with Gasteiger partial charge in [-0.25, -0.2) is 0 Å². The SMILES string of the molecule is CNC1CCc2cc(O)c(OC)c(OC)c2-c2ccc(OC)c(=O)cc21. The summed E-state index contributed by atoms with van der Waals surface area (Å²) in [4.78, 5) is 12.5. The van der Waals surface area contributed by atoms with Crippen LogP contribution in [-0.4, -0.2) is 33.5 Å². The van der Waals surface area contributed by atoms with Gasteiger partial charge in [-0.1, -0.05) is 6.07 Å². The van der Waals surface area contributed by atoms with Crippen LogP contribution in [0.3, 0.4) is 0 Å². The molecule has 1 atom stereocenters. The highest BCUT2D eigenvalue weighted by atomic mass is 16.5. The fraction of sp³-hybridized carbons (Fsp3) is 0.350. The van der Waals surface area contributed by atoms with E-state index >= 15 is 0 Å². The topological polar surface area (TPSA) is 77.0 Å². The molecule has 2 N–H and O–H groups in total. The van der Waals surface area contributed by atoms with Gasteiger partial charge < -0.3 is 24.6 Å². The zero-order valence-corrected chi connectivity index (χ0v) is 15.4. The number of benzene rings is 1. The molecule has 26 heavy (non-hydrogen) atoms. The number of aryl methyl sites for hydroxylation is 1. The van der Waals surface area contributed by atoms with Crippen molar-refractivity contribution < 1.29 is 19.3 Å². The number of phenolic OH excluding ortho intramolecular Hbond substituents is 1. The Labute approximate surface area is 152 Å². The van der Waals surface area contributed by atoms with E-state index in [1.807, 2.05) is 13.1 Å². The summed E-state index contributed by atoms with van der Waals surface area (Å²) in [7, 11) is 6.38. The molecule has 1 unspecified atom stereocenters. The predicted octanol–water partition coefficient (Wildman–Crippen LogP) is 2.65. The minimum absolute atomic E-state index is 0.0138. The van der Waals surface area contributed by atoms with Gasteiger partial charge in [0.05, 0.1) is 21.3 Å². The largest absolute Gasteiger partial charge is 0.504 e. The first kappa shape index (κ1) is 18.1. The van der Waals surface area contributed by atoms with Gasteiger partial charge in [0.25, 0.3) is 0 Å². The third kappa shape index (κ3) is 2.86. The van der Waals surface area contributed by atoms with Crippen LogP contribution >= 0.6 is 0 Å². The van der Waals surface area contributed by atoms with Crippen LogP contribution in [0.5, 0.6) is 23.0 Å². The number of nitrogens with one attached hydrogen (secondary N) is 1. The van der Waals surface area contributed by atoms with E-state index in [2.05, 4.69) is 5.32 Å². The van der Waals surface area contributed by atoms with E-state index in [-0.39, 0.29) is 28.7 Å². The average Bonchev–Trinajstić information content (AvgIpc) is 2.88. The number of methoxy groups -OCH3 is 3. The Bertz CT molecular complexity index is 894. The first-order valence-corrected chi connectivity index (χ1v) is 8.42. The van der Waals surface area contributed by atoms with Crippen LogP contribution in [0.2, 0.25) is 0 Å². The van der Waals surface area contributed by atoms with Crippen LogP contribution < -0.4 is 25.0 Å². The summed E-state index contributed by atoms with van der Waals surface area (Å²) >= 11 is 0. The molecule has 0 heterocycles. The van der Waals surface area contributed by atoms with Crippen LogP contribution in [0.1, 0.15) is 23.6 Å². The zero-order valence-electron chi connectivity index (χ0n) is 15.4. The molecule has 6 heteroatoms. The van der Waals surface area contributed by atoms with Crippen LogP contribution in [0, 0.1) is 0 Å². The Morgan fingerprint density at radius 1 is 1.08 bits per heavy atom. The molecule has 0 aliphatic heterocycles. The molecule has 0 radical (unpaired) electrons. The van der Waals surface area contributed by atoms with Gasteiger partial charge in [-0.05, 0) is 54.8 Å². The molecule has 0 saturated carbocycles. The second-order valence-electron chi connectivity index (χ2n) is 6.16. The molecule has 3 rings (SSSR count). The van der Waals surface area contributed by atoms with Crippen molar-refractivity contribution in [3.8, 4) is 34.1 Å². The fourth-order valence-electron chi connectivity index (χ4n) is 3.63. The van der Waals surface area contributed by atoms with E-state index in [0.29, 0.717) is 5.75 Å². The van der Waals surface area contributed by atoms with Crippen molar-refractivity contribution in [2.75, 3.05) is 28.4 Å². The molecule has 0 amide bonds. The summed E-state index contributed by atoms with van der Waals surface area (Å²) in [5.74, 6) is 1.05. The van der Waals surface area contributed by atoms with Crippen molar-refractivity contribution in [1.29, 1.82) is 0 Å². The van der Waals surface area contributed by atoms with Gasteiger partial charge in [0.15, 0.2) is 17.2 Å². The number of ether oxygens (including phenoxy) is 3. The van der Waals surface area contributed by atoms with Crippen LogP contribution in [0.25, 0.3) is 11.1 Å². The van der Waals surface area contributed by atoms with Gasteiger partial charge in [0, 0.05) is 11.6 Å². The number of aromatic hydroxyl groups is 1. The van der Waals surface area contributed by atoms with E-state index in [9.17, 15) is 9.90 Å². The summed E-state index contributed by atoms with van der Waals surface area (Å²) < 4.78 is 16.2. The normalized spacial score (nSPS) is 15.5. The van der Waals surface area contributed by atoms with Crippen molar-refractivity contribution >= 4 is 0 Å². The highest BCUT2D eigenvalue weighted by Gasteiger charge is 2.28. The van der Waals surface area contributed by atoms with Crippen molar-refractivity contribution in [3.05, 3.63) is 45.6 Å². The first-order valence-electron chi connectivity index (χ1n) is 8.42. The zero-order chi connectivity index (χ0) is 18.8. The maximum Gasteiger partial charge on any atom is 0.220 e. The third-order valence-electron chi connectivity index (χ3n) is 4.86. The quantitative estimate of drug-likeness (QED) is 0.876. The van der Waals surface area contributed by atoms with Gasteiger partial charge in [-0.2, -0.15) is 0 Å². The molecule has 0 spiro atoms. The summed E-state index contributed by atoms with van der Waals surface area (Å²) in [6, 6.07) is 6.84. The van der Waals surface area contributed by atoms with Gasteiger partial charge in [-0.15, -0.1) is 0 Å². The minimum atomic E-state index is -0.179. The Morgan fingerprint density at radius 2 is 1.81 bits per heavy atom. The molecule has 138 valence electrons. The maximum atomic E-state index is 12.5. The van der Waals surface area contributed by atoms with E-state index < -0.39 is 0 Å². The summed E-state index contributed by atoms with van der Waals surface area (Å²) in [5, 5.41) is 13.6. The number of phenols is 1. The summed E-state index contributed by atoms with van der Waals surface area (Å²) in [5.41, 5.74) is 3.31. The molecule has 1 aliphatic rings. The predicted molar refractivity (Wildman–Crippen MR) is 99.6 cm³/mol. The standard InChI is InChI=1S/C20H23NO5/c1-21-14-7-5-11-9-16(23)19(25-3)20(26-4)18(11)12-6-8-17(24-2)15(22)10-13(12)14/h6,8-10,14,21,23H,5,7H2,1-4H3. The molecular formula is C20H23NO5. The number of rotatable bonds is 4. The highest BCUT2D eigenvalue weighted by Crippen LogP contribution is 2.49. The summed E-state index contributed by atoms with van der Waals surface area (Å²) in [6.45, 7) is 0. The van der Waals surface area contributed by atoms with Gasteiger partial charge in [0.1, 0.15) is 0 Å². The molecular weight excluding hydrogens is 334 g/mol. The molecule has 2 aromatic carbocycles. The van der Waals surface area contributed by atoms with E-state index in [0.717, 1.165) is 35.1 Å². The van der Waals surface area contributed by atoms with Crippen molar-refractivity contribution in [3.63, 3.8) is 0 Å². The molecule has 6 nitrogen and oxygen atoms in total. The lowest BCUT2D eigenvalue weighted by atomic mass is 9.95. The first-order chi connectivity index (χ1) is 12.5. The van der Waals surface area contributed by atoms with Crippen molar-refractivity contribution in [2.45, 2.75) is 18.9 Å². The molecule has 0 aromatic heterocycles. The van der Waals surface area contributed by atoms with Crippen LogP contribution in [-0.2, 0) is 6.42 Å². The maximum absolute atomic E-state index is 12.5. The Morgan fingerprint density at radius 3 is 2.42 bits per heavy atom. The second-order valence-corrected chi connectivity index (χ2v) is 6.16. The molecule has 0 fully saturated rings. The lowest BCUT2D eigenvalue weighted by molar-refractivity contribution is 0.333. The van der Waals surface area contributed by atoms with Gasteiger partial charge in [-0.3, -0.25) is 4.79 Å². The highest BCUT2D eigenvalue weighted by molar-refractivity contribution is 5.82. The molecule has 2 aromatic rings. The number of hydrogen-bond acceptors (Lipinski definition) is 6. The Kier molecular flexibility index (Phi) is 5.04. The Hall–Kier alpha value is -2.73.